The van der Waals surface area contributed by atoms with E-state index >= 15 is 0 Å². The molecule has 0 spiro atoms. The highest BCUT2D eigenvalue weighted by Crippen LogP contribution is 2.24. The van der Waals surface area contributed by atoms with Crippen LogP contribution in [0.1, 0.15) is 39.1 Å². The van der Waals surface area contributed by atoms with Crippen LogP contribution in [-0.2, 0) is 12.8 Å². The fourth-order valence-corrected chi connectivity index (χ4v) is 1.46. The van der Waals surface area contributed by atoms with E-state index < -0.39 is 0 Å². The van der Waals surface area contributed by atoms with E-state index in [1.165, 1.54) is 11.4 Å². The van der Waals surface area contributed by atoms with Gasteiger partial charge >= 0.3 is 0 Å². The van der Waals surface area contributed by atoms with Crippen LogP contribution in [0.2, 0.25) is 0 Å². The predicted molar refractivity (Wildman–Crippen MR) is 61.4 cm³/mol. The molecule has 1 aliphatic heterocycles. The summed E-state index contributed by atoms with van der Waals surface area (Å²) >= 11 is 0. The minimum atomic E-state index is 0.934. The first-order valence-electron chi connectivity index (χ1n) is 5.32. The van der Waals surface area contributed by atoms with E-state index in [1.807, 2.05) is 20.8 Å². The molecule has 0 atom stereocenters. The first-order valence-corrected chi connectivity index (χ1v) is 5.32. The first kappa shape index (κ1) is 10.9. The van der Waals surface area contributed by atoms with Gasteiger partial charge in [0.25, 0.3) is 0 Å². The molecule has 0 aliphatic carbocycles. The second kappa shape index (κ2) is 4.89. The van der Waals surface area contributed by atoms with Gasteiger partial charge in [-0.25, -0.2) is 0 Å². The smallest absolute Gasteiger partial charge is 0.0848 e. The van der Waals surface area contributed by atoms with Gasteiger partial charge in [-0.1, -0.05) is 20.8 Å². The van der Waals surface area contributed by atoms with Crippen molar-refractivity contribution in [2.45, 2.75) is 40.5 Å². The van der Waals surface area contributed by atoms with Gasteiger partial charge in [0.1, 0.15) is 0 Å². The van der Waals surface area contributed by atoms with Gasteiger partial charge in [0.05, 0.1) is 11.4 Å². The van der Waals surface area contributed by atoms with E-state index in [0.29, 0.717) is 0 Å². The fraction of sp³-hybridized carbons (Fsp3) is 0.500. The van der Waals surface area contributed by atoms with Crippen molar-refractivity contribution < 1.29 is 0 Å². The highest BCUT2D eigenvalue weighted by Gasteiger charge is 2.12. The molecule has 0 saturated heterocycles. The summed E-state index contributed by atoms with van der Waals surface area (Å²) in [4.78, 5) is 8.89. The standard InChI is InChI=1S/C10H12N2.C2H6/c1-3-8-4-5-9-10(12-8)6-7(2)11-9;1-2/h4-5H,3,6H2,1-2H3;1-2H3. The SMILES string of the molecule is CC.CCc1ccc2c(n1)CC(C)=N2. The molecule has 0 saturated carbocycles. The zero-order chi connectivity index (χ0) is 10.6. The molecule has 0 unspecified atom stereocenters. The lowest BCUT2D eigenvalue weighted by molar-refractivity contribution is 1.00. The van der Waals surface area contributed by atoms with Crippen molar-refractivity contribution in [2.24, 2.45) is 4.99 Å². The molecule has 1 aliphatic rings. The molecule has 1 aromatic heterocycles. The van der Waals surface area contributed by atoms with E-state index in [2.05, 4.69) is 29.0 Å². The molecule has 2 heterocycles. The summed E-state index contributed by atoms with van der Waals surface area (Å²) in [5.74, 6) is 0. The van der Waals surface area contributed by atoms with Crippen molar-refractivity contribution in [3.63, 3.8) is 0 Å². The molecule has 0 fully saturated rings. The number of pyridine rings is 1. The van der Waals surface area contributed by atoms with Crippen molar-refractivity contribution in [2.75, 3.05) is 0 Å². The van der Waals surface area contributed by atoms with Crippen LogP contribution in [0, 0.1) is 0 Å². The van der Waals surface area contributed by atoms with E-state index in [4.69, 9.17) is 0 Å². The third kappa shape index (κ3) is 2.19. The Morgan fingerprint density at radius 1 is 1.29 bits per heavy atom. The first-order chi connectivity index (χ1) is 6.79. The van der Waals surface area contributed by atoms with Crippen LogP contribution in [0.3, 0.4) is 0 Å². The van der Waals surface area contributed by atoms with Crippen LogP contribution in [0.15, 0.2) is 17.1 Å². The Morgan fingerprint density at radius 3 is 2.64 bits per heavy atom. The molecule has 2 rings (SSSR count). The highest BCUT2D eigenvalue weighted by atomic mass is 14.9. The normalized spacial score (nSPS) is 12.7. The number of rotatable bonds is 1. The number of aliphatic imine (C=N–C) groups is 1. The van der Waals surface area contributed by atoms with Crippen LogP contribution < -0.4 is 0 Å². The molecule has 2 nitrogen and oxygen atoms in total. The predicted octanol–water partition coefficient (Wildman–Crippen LogP) is 3.32. The zero-order valence-corrected chi connectivity index (χ0v) is 9.46. The summed E-state index contributed by atoms with van der Waals surface area (Å²) < 4.78 is 0. The van der Waals surface area contributed by atoms with E-state index in [1.54, 1.807) is 0 Å². The molecule has 2 heteroatoms. The van der Waals surface area contributed by atoms with Gasteiger partial charge in [-0.2, -0.15) is 0 Å². The maximum atomic E-state index is 4.51. The van der Waals surface area contributed by atoms with Crippen LogP contribution >= 0.6 is 0 Å². The Kier molecular flexibility index (Phi) is 3.81. The van der Waals surface area contributed by atoms with Crippen LogP contribution in [0.25, 0.3) is 0 Å². The molecule has 0 N–H and O–H groups in total. The molecule has 14 heavy (non-hydrogen) atoms. The summed E-state index contributed by atoms with van der Waals surface area (Å²) in [7, 11) is 0. The van der Waals surface area contributed by atoms with Gasteiger partial charge in [0.2, 0.25) is 0 Å². The average molecular weight is 190 g/mol. The number of aryl methyl sites for hydroxylation is 1. The van der Waals surface area contributed by atoms with Gasteiger partial charge in [-0.05, 0) is 25.5 Å². The Morgan fingerprint density at radius 2 is 2.00 bits per heavy atom. The number of hydrogen-bond donors (Lipinski definition) is 0. The number of nitrogens with zero attached hydrogens (tertiary/aromatic N) is 2. The van der Waals surface area contributed by atoms with Crippen molar-refractivity contribution in [1.29, 1.82) is 0 Å². The Bertz CT molecular complexity index is 340. The molecule has 0 aromatic carbocycles. The fourth-order valence-electron chi connectivity index (χ4n) is 1.46. The third-order valence-electron chi connectivity index (χ3n) is 2.10. The van der Waals surface area contributed by atoms with Crippen LogP contribution in [0.5, 0.6) is 0 Å². The Labute approximate surface area is 86.1 Å². The molecule has 0 bridgehead atoms. The largest absolute Gasteiger partial charge is 0.256 e. The van der Waals surface area contributed by atoms with Crippen molar-refractivity contribution >= 4 is 11.4 Å². The number of aromatic nitrogens is 1. The topological polar surface area (TPSA) is 25.2 Å². The van der Waals surface area contributed by atoms with E-state index in [0.717, 1.165) is 24.2 Å². The maximum absolute atomic E-state index is 4.51. The highest BCUT2D eigenvalue weighted by molar-refractivity contribution is 5.91. The van der Waals surface area contributed by atoms with E-state index in [9.17, 15) is 0 Å². The molecule has 76 valence electrons. The minimum absolute atomic E-state index is 0.934. The van der Waals surface area contributed by atoms with Crippen LogP contribution in [-0.4, -0.2) is 10.7 Å². The number of hydrogen-bond acceptors (Lipinski definition) is 2. The van der Waals surface area contributed by atoms with Crippen molar-refractivity contribution in [3.05, 3.63) is 23.5 Å². The second-order valence-corrected chi connectivity index (χ2v) is 3.15. The van der Waals surface area contributed by atoms with Gasteiger partial charge < -0.3 is 0 Å². The summed E-state index contributed by atoms with van der Waals surface area (Å²) in [5.41, 5.74) is 4.54. The molecule has 0 radical (unpaired) electrons. The molecular formula is C12H18N2. The van der Waals surface area contributed by atoms with E-state index in [-0.39, 0.29) is 0 Å². The van der Waals surface area contributed by atoms with Gasteiger partial charge in [0, 0.05) is 17.8 Å². The van der Waals surface area contributed by atoms with Crippen LogP contribution in [0.4, 0.5) is 5.69 Å². The second-order valence-electron chi connectivity index (χ2n) is 3.15. The monoisotopic (exact) mass is 190 g/mol. The average Bonchev–Trinajstić information content (AvgIpc) is 2.59. The molecule has 0 amide bonds. The summed E-state index contributed by atoms with van der Waals surface area (Å²) in [6, 6.07) is 4.12. The minimum Gasteiger partial charge on any atom is -0.256 e. The summed E-state index contributed by atoms with van der Waals surface area (Å²) in [5, 5.41) is 0. The van der Waals surface area contributed by atoms with Crippen molar-refractivity contribution in [1.82, 2.24) is 4.98 Å². The van der Waals surface area contributed by atoms with Gasteiger partial charge in [-0.15, -0.1) is 0 Å². The molecular weight excluding hydrogens is 172 g/mol. The Hall–Kier alpha value is -1.18. The number of fused-ring (bicyclic) bond motifs is 1. The lowest BCUT2D eigenvalue weighted by Crippen LogP contribution is -1.94. The summed E-state index contributed by atoms with van der Waals surface area (Å²) in [6.07, 6.45) is 1.94. The molecule has 1 aromatic rings. The van der Waals surface area contributed by atoms with Crippen molar-refractivity contribution in [3.8, 4) is 0 Å². The third-order valence-corrected chi connectivity index (χ3v) is 2.10. The lowest BCUT2D eigenvalue weighted by Gasteiger charge is -1.98. The lowest BCUT2D eigenvalue weighted by atomic mass is 10.2. The van der Waals surface area contributed by atoms with Gasteiger partial charge in [-0.3, -0.25) is 9.98 Å². The quantitative estimate of drug-likeness (QED) is 0.667. The summed E-state index contributed by atoms with van der Waals surface area (Å²) in [6.45, 7) is 8.17. The van der Waals surface area contributed by atoms with Gasteiger partial charge in [0.15, 0.2) is 0 Å². The zero-order valence-electron chi connectivity index (χ0n) is 9.46. The Balaban J connectivity index is 0.000000461. The maximum Gasteiger partial charge on any atom is 0.0848 e.